The molecule has 2 unspecified atom stereocenters. The molecule has 4 nitrogen and oxygen atoms in total. The van der Waals surface area contributed by atoms with Gasteiger partial charge in [0, 0.05) is 6.04 Å². The first kappa shape index (κ1) is 12.1. The van der Waals surface area contributed by atoms with Gasteiger partial charge in [0.15, 0.2) is 0 Å². The third-order valence-corrected chi connectivity index (χ3v) is 3.44. The van der Waals surface area contributed by atoms with Crippen LogP contribution in [0.2, 0.25) is 0 Å². The lowest BCUT2D eigenvalue weighted by molar-refractivity contribution is -0.127. The molecule has 1 aliphatic heterocycles. The Kier molecular flexibility index (Phi) is 3.76. The maximum Gasteiger partial charge on any atom is 0.255 e. The van der Waals surface area contributed by atoms with Gasteiger partial charge in [0.1, 0.15) is 6.04 Å². The predicted octanol–water partition coefficient (Wildman–Crippen LogP) is 1.20. The number of rotatable bonds is 3. The zero-order chi connectivity index (χ0) is 12.3. The number of hydrogen-bond acceptors (Lipinski definition) is 3. The lowest BCUT2D eigenvalue weighted by atomic mass is 10.0. The number of hydrogen-bond donors (Lipinski definition) is 2. The SMILES string of the molecule is CC1CCCN1C(C(=O)NN)c1ccccc1. The summed E-state index contributed by atoms with van der Waals surface area (Å²) < 4.78 is 0. The predicted molar refractivity (Wildman–Crippen MR) is 66.9 cm³/mol. The van der Waals surface area contributed by atoms with Crippen LogP contribution in [0.25, 0.3) is 0 Å². The van der Waals surface area contributed by atoms with Gasteiger partial charge < -0.3 is 0 Å². The van der Waals surface area contributed by atoms with Gasteiger partial charge >= 0.3 is 0 Å². The Morgan fingerprint density at radius 3 is 2.71 bits per heavy atom. The van der Waals surface area contributed by atoms with E-state index in [0.717, 1.165) is 24.9 Å². The third-order valence-electron chi connectivity index (χ3n) is 3.44. The fraction of sp³-hybridized carbons (Fsp3) is 0.462. The first-order valence-electron chi connectivity index (χ1n) is 6.05. The van der Waals surface area contributed by atoms with Crippen LogP contribution < -0.4 is 11.3 Å². The molecule has 0 bridgehead atoms. The van der Waals surface area contributed by atoms with Crippen LogP contribution >= 0.6 is 0 Å². The van der Waals surface area contributed by atoms with Crippen LogP contribution in [0.5, 0.6) is 0 Å². The molecule has 1 heterocycles. The molecule has 2 rings (SSSR count). The number of hydrazine groups is 1. The summed E-state index contributed by atoms with van der Waals surface area (Å²) in [7, 11) is 0. The van der Waals surface area contributed by atoms with Crippen LogP contribution in [0, 0.1) is 0 Å². The second-order valence-electron chi connectivity index (χ2n) is 4.55. The highest BCUT2D eigenvalue weighted by Crippen LogP contribution is 2.29. The molecule has 1 aliphatic rings. The highest BCUT2D eigenvalue weighted by Gasteiger charge is 2.33. The molecule has 0 saturated carbocycles. The molecule has 0 aliphatic carbocycles. The molecule has 1 aromatic carbocycles. The molecule has 17 heavy (non-hydrogen) atoms. The summed E-state index contributed by atoms with van der Waals surface area (Å²) in [6.07, 6.45) is 2.28. The number of likely N-dealkylation sites (tertiary alicyclic amines) is 1. The van der Waals surface area contributed by atoms with E-state index in [1.807, 2.05) is 30.3 Å². The number of carbonyl (C=O) groups is 1. The van der Waals surface area contributed by atoms with Crippen molar-refractivity contribution in [1.82, 2.24) is 10.3 Å². The number of benzene rings is 1. The summed E-state index contributed by atoms with van der Waals surface area (Å²) in [5.74, 6) is 5.16. The van der Waals surface area contributed by atoms with Gasteiger partial charge in [-0.1, -0.05) is 30.3 Å². The molecule has 0 spiro atoms. The Morgan fingerprint density at radius 1 is 1.47 bits per heavy atom. The Bertz CT molecular complexity index is 380. The lowest BCUT2D eigenvalue weighted by Gasteiger charge is -2.30. The maximum absolute atomic E-state index is 12.0. The molecule has 0 aromatic heterocycles. The van der Waals surface area contributed by atoms with Gasteiger partial charge in [0.2, 0.25) is 0 Å². The summed E-state index contributed by atoms with van der Waals surface area (Å²) in [5.41, 5.74) is 3.28. The van der Waals surface area contributed by atoms with Crippen LogP contribution in [0.1, 0.15) is 31.4 Å². The van der Waals surface area contributed by atoms with Crippen molar-refractivity contribution in [3.05, 3.63) is 35.9 Å². The zero-order valence-corrected chi connectivity index (χ0v) is 10.1. The van der Waals surface area contributed by atoms with Crippen molar-refractivity contribution in [2.24, 2.45) is 5.84 Å². The maximum atomic E-state index is 12.0. The van der Waals surface area contributed by atoms with E-state index >= 15 is 0 Å². The summed E-state index contributed by atoms with van der Waals surface area (Å²) >= 11 is 0. The minimum atomic E-state index is -0.265. The second-order valence-corrected chi connectivity index (χ2v) is 4.55. The molecule has 0 radical (unpaired) electrons. The average Bonchev–Trinajstić information content (AvgIpc) is 2.77. The van der Waals surface area contributed by atoms with Gasteiger partial charge in [-0.25, -0.2) is 5.84 Å². The molecule has 2 atom stereocenters. The van der Waals surface area contributed by atoms with Crippen molar-refractivity contribution in [3.63, 3.8) is 0 Å². The second kappa shape index (κ2) is 5.29. The number of amides is 1. The highest BCUT2D eigenvalue weighted by atomic mass is 16.2. The van der Waals surface area contributed by atoms with Crippen LogP contribution in [0.4, 0.5) is 0 Å². The van der Waals surface area contributed by atoms with Crippen molar-refractivity contribution < 1.29 is 4.79 Å². The first-order chi connectivity index (χ1) is 8.24. The zero-order valence-electron chi connectivity index (χ0n) is 10.1. The summed E-state index contributed by atoms with van der Waals surface area (Å²) in [4.78, 5) is 14.2. The van der Waals surface area contributed by atoms with Gasteiger partial charge in [-0.15, -0.1) is 0 Å². The van der Waals surface area contributed by atoms with E-state index in [0.29, 0.717) is 6.04 Å². The molecule has 1 amide bonds. The molecule has 4 heteroatoms. The summed E-state index contributed by atoms with van der Waals surface area (Å²) in [6.45, 7) is 3.11. The number of nitrogens with one attached hydrogen (secondary N) is 1. The van der Waals surface area contributed by atoms with Crippen LogP contribution in [0.15, 0.2) is 30.3 Å². The van der Waals surface area contributed by atoms with E-state index in [2.05, 4.69) is 17.2 Å². The average molecular weight is 233 g/mol. The normalized spacial score (nSPS) is 22.4. The Balaban J connectivity index is 2.28. The molecular weight excluding hydrogens is 214 g/mol. The largest absolute Gasteiger partial charge is 0.293 e. The van der Waals surface area contributed by atoms with Gasteiger partial charge in [-0.3, -0.25) is 15.1 Å². The molecule has 1 aromatic rings. The van der Waals surface area contributed by atoms with Gasteiger partial charge in [0.05, 0.1) is 0 Å². The van der Waals surface area contributed by atoms with E-state index in [-0.39, 0.29) is 11.9 Å². The van der Waals surface area contributed by atoms with Crippen molar-refractivity contribution in [3.8, 4) is 0 Å². The van der Waals surface area contributed by atoms with Crippen molar-refractivity contribution >= 4 is 5.91 Å². The van der Waals surface area contributed by atoms with Gasteiger partial charge in [-0.2, -0.15) is 0 Å². The van der Waals surface area contributed by atoms with E-state index in [1.54, 1.807) is 0 Å². The van der Waals surface area contributed by atoms with E-state index in [4.69, 9.17) is 5.84 Å². The van der Waals surface area contributed by atoms with Crippen molar-refractivity contribution in [1.29, 1.82) is 0 Å². The van der Waals surface area contributed by atoms with E-state index < -0.39 is 0 Å². The highest BCUT2D eigenvalue weighted by molar-refractivity contribution is 5.82. The van der Waals surface area contributed by atoms with Gasteiger partial charge in [0.25, 0.3) is 5.91 Å². The minimum absolute atomic E-state index is 0.134. The number of nitrogens with zero attached hydrogens (tertiary/aromatic N) is 1. The summed E-state index contributed by atoms with van der Waals surface area (Å²) in [6, 6.07) is 9.97. The molecule has 3 N–H and O–H groups in total. The fourth-order valence-electron chi connectivity index (χ4n) is 2.55. The lowest BCUT2D eigenvalue weighted by Crippen LogP contribution is -2.44. The summed E-state index contributed by atoms with van der Waals surface area (Å²) in [5, 5.41) is 0. The molecule has 1 saturated heterocycles. The Morgan fingerprint density at radius 2 is 2.18 bits per heavy atom. The van der Waals surface area contributed by atoms with Crippen molar-refractivity contribution in [2.45, 2.75) is 31.8 Å². The van der Waals surface area contributed by atoms with Crippen LogP contribution in [-0.2, 0) is 4.79 Å². The Hall–Kier alpha value is -1.39. The third kappa shape index (κ3) is 2.48. The number of nitrogens with two attached hydrogens (primary N) is 1. The molecule has 1 fully saturated rings. The van der Waals surface area contributed by atoms with E-state index in [9.17, 15) is 4.79 Å². The Labute approximate surface area is 102 Å². The number of carbonyl (C=O) groups excluding carboxylic acids is 1. The van der Waals surface area contributed by atoms with E-state index in [1.165, 1.54) is 0 Å². The topological polar surface area (TPSA) is 58.4 Å². The quantitative estimate of drug-likeness (QED) is 0.468. The van der Waals surface area contributed by atoms with Crippen LogP contribution in [-0.4, -0.2) is 23.4 Å². The van der Waals surface area contributed by atoms with Crippen LogP contribution in [0.3, 0.4) is 0 Å². The minimum Gasteiger partial charge on any atom is -0.293 e. The monoisotopic (exact) mass is 233 g/mol. The molecule has 92 valence electrons. The van der Waals surface area contributed by atoms with Crippen molar-refractivity contribution in [2.75, 3.05) is 6.54 Å². The van der Waals surface area contributed by atoms with Gasteiger partial charge in [-0.05, 0) is 31.9 Å². The fourth-order valence-corrected chi connectivity index (χ4v) is 2.55. The first-order valence-corrected chi connectivity index (χ1v) is 6.05. The standard InChI is InChI=1S/C13H19N3O/c1-10-6-5-9-16(10)12(13(17)15-14)11-7-3-2-4-8-11/h2-4,7-8,10,12H,5-6,9,14H2,1H3,(H,15,17). The smallest absolute Gasteiger partial charge is 0.255 e. The molecular formula is C13H19N3O.